The van der Waals surface area contributed by atoms with Crippen molar-refractivity contribution < 1.29 is 0 Å². The van der Waals surface area contributed by atoms with Gasteiger partial charge in [-0.1, -0.05) is 31.5 Å². The summed E-state index contributed by atoms with van der Waals surface area (Å²) in [6, 6.07) is 10.4. The summed E-state index contributed by atoms with van der Waals surface area (Å²) in [5.74, 6) is 1.53. The van der Waals surface area contributed by atoms with Crippen molar-refractivity contribution in [2.24, 2.45) is 5.92 Å². The molecule has 0 saturated carbocycles. The van der Waals surface area contributed by atoms with Crippen molar-refractivity contribution in [3.8, 4) is 0 Å². The number of hydrogen-bond donors (Lipinski definition) is 1. The number of nitrogens with two attached hydrogens (primary N) is 1. The van der Waals surface area contributed by atoms with Crippen molar-refractivity contribution in [1.29, 1.82) is 0 Å². The molecule has 1 aromatic carbocycles. The molecule has 3 nitrogen and oxygen atoms in total. The van der Waals surface area contributed by atoms with Crippen molar-refractivity contribution in [1.82, 2.24) is 9.88 Å². The number of aromatic nitrogens is 1. The molecule has 1 atom stereocenters. The van der Waals surface area contributed by atoms with Crippen LogP contribution in [0.15, 0.2) is 30.3 Å². The first-order valence-corrected chi connectivity index (χ1v) is 7.62. The van der Waals surface area contributed by atoms with E-state index in [4.69, 9.17) is 5.73 Å². The zero-order valence-corrected chi connectivity index (χ0v) is 12.2. The summed E-state index contributed by atoms with van der Waals surface area (Å²) in [4.78, 5) is 7.06. The quantitative estimate of drug-likeness (QED) is 0.928. The lowest BCUT2D eigenvalue weighted by Gasteiger charge is -2.32. The molecule has 1 aliphatic rings. The Balaban J connectivity index is 1.81. The van der Waals surface area contributed by atoms with Gasteiger partial charge in [-0.05, 0) is 37.4 Å². The largest absolute Gasteiger partial charge is 0.383 e. The van der Waals surface area contributed by atoms with Crippen LogP contribution in [-0.4, -0.2) is 23.0 Å². The van der Waals surface area contributed by atoms with Crippen molar-refractivity contribution in [3.63, 3.8) is 0 Å². The minimum absolute atomic E-state index is 0.683. The Hall–Kier alpha value is -1.61. The summed E-state index contributed by atoms with van der Waals surface area (Å²) in [5, 5.41) is 1.18. The Morgan fingerprint density at radius 1 is 1.35 bits per heavy atom. The van der Waals surface area contributed by atoms with E-state index in [1.807, 2.05) is 12.1 Å². The van der Waals surface area contributed by atoms with E-state index in [1.54, 1.807) is 0 Å². The van der Waals surface area contributed by atoms with Gasteiger partial charge in [-0.25, -0.2) is 4.98 Å². The average molecular weight is 269 g/mol. The first kappa shape index (κ1) is 13.4. The number of para-hydroxylation sites is 1. The highest BCUT2D eigenvalue weighted by Gasteiger charge is 2.19. The van der Waals surface area contributed by atoms with Gasteiger partial charge >= 0.3 is 0 Å². The molecule has 2 N–H and O–H groups in total. The summed E-state index contributed by atoms with van der Waals surface area (Å²) < 4.78 is 0. The van der Waals surface area contributed by atoms with Crippen LogP contribution < -0.4 is 5.73 Å². The van der Waals surface area contributed by atoms with Gasteiger partial charge in [0, 0.05) is 24.0 Å². The maximum absolute atomic E-state index is 6.13. The van der Waals surface area contributed by atoms with Gasteiger partial charge in [0.2, 0.25) is 0 Å². The maximum atomic E-state index is 6.13. The van der Waals surface area contributed by atoms with Crippen LogP contribution in [0, 0.1) is 5.92 Å². The molecule has 0 spiro atoms. The number of likely N-dealkylation sites (tertiary alicyclic amines) is 1. The Labute approximate surface area is 120 Å². The first-order chi connectivity index (χ1) is 9.76. The molecular weight excluding hydrogens is 246 g/mol. The van der Waals surface area contributed by atoms with Gasteiger partial charge in [0.15, 0.2) is 0 Å². The molecule has 3 heteroatoms. The number of hydrogen-bond acceptors (Lipinski definition) is 3. The third-order valence-corrected chi connectivity index (χ3v) is 4.41. The second kappa shape index (κ2) is 5.80. The van der Waals surface area contributed by atoms with E-state index in [0.717, 1.165) is 18.0 Å². The lowest BCUT2D eigenvalue weighted by molar-refractivity contribution is 0.165. The lowest BCUT2D eigenvalue weighted by atomic mass is 9.95. The standard InChI is InChI=1S/C17H23N3/c1-2-13-6-5-9-20(11-13)12-15-10-14-7-3-4-8-16(14)19-17(15)18/h3-4,7-8,10,13H,2,5-6,9,11-12H2,1H3,(H2,18,19). The molecule has 20 heavy (non-hydrogen) atoms. The Morgan fingerprint density at radius 2 is 2.20 bits per heavy atom. The van der Waals surface area contributed by atoms with Crippen LogP contribution in [-0.2, 0) is 6.54 Å². The number of nitrogen functional groups attached to an aromatic ring is 1. The van der Waals surface area contributed by atoms with Crippen molar-refractivity contribution in [2.75, 3.05) is 18.8 Å². The van der Waals surface area contributed by atoms with Crippen LogP contribution in [0.2, 0.25) is 0 Å². The van der Waals surface area contributed by atoms with E-state index in [1.165, 1.54) is 43.3 Å². The third kappa shape index (κ3) is 2.78. The van der Waals surface area contributed by atoms with Crippen molar-refractivity contribution in [2.45, 2.75) is 32.7 Å². The number of anilines is 1. The minimum Gasteiger partial charge on any atom is -0.383 e. The van der Waals surface area contributed by atoms with E-state index < -0.39 is 0 Å². The molecule has 2 heterocycles. The fourth-order valence-electron chi connectivity index (χ4n) is 3.17. The van der Waals surface area contributed by atoms with Crippen LogP contribution >= 0.6 is 0 Å². The maximum Gasteiger partial charge on any atom is 0.128 e. The molecule has 1 aliphatic heterocycles. The highest BCUT2D eigenvalue weighted by atomic mass is 15.1. The molecule has 1 unspecified atom stereocenters. The van der Waals surface area contributed by atoms with Gasteiger partial charge in [-0.15, -0.1) is 0 Å². The highest BCUT2D eigenvalue weighted by Crippen LogP contribution is 2.24. The number of piperidine rings is 1. The van der Waals surface area contributed by atoms with Gasteiger partial charge < -0.3 is 5.73 Å². The van der Waals surface area contributed by atoms with Crippen LogP contribution in [0.5, 0.6) is 0 Å². The molecule has 1 aromatic heterocycles. The van der Waals surface area contributed by atoms with Crippen molar-refractivity contribution in [3.05, 3.63) is 35.9 Å². The first-order valence-electron chi connectivity index (χ1n) is 7.62. The number of nitrogens with zero attached hydrogens (tertiary/aromatic N) is 2. The van der Waals surface area contributed by atoms with Gasteiger partial charge in [0.25, 0.3) is 0 Å². The molecule has 0 aliphatic carbocycles. The van der Waals surface area contributed by atoms with Crippen LogP contribution in [0.1, 0.15) is 31.7 Å². The summed E-state index contributed by atoms with van der Waals surface area (Å²) >= 11 is 0. The average Bonchev–Trinajstić information content (AvgIpc) is 2.48. The zero-order chi connectivity index (χ0) is 13.9. The Bertz CT molecular complexity index is 594. The summed E-state index contributed by atoms with van der Waals surface area (Å²) in [7, 11) is 0. The van der Waals surface area contributed by atoms with E-state index in [-0.39, 0.29) is 0 Å². The van der Waals surface area contributed by atoms with E-state index in [0.29, 0.717) is 5.82 Å². The normalized spacial score (nSPS) is 20.4. The second-order valence-corrected chi connectivity index (χ2v) is 5.88. The Kier molecular flexibility index (Phi) is 3.88. The summed E-state index contributed by atoms with van der Waals surface area (Å²) in [5.41, 5.74) is 8.29. The van der Waals surface area contributed by atoms with Crippen LogP contribution in [0.4, 0.5) is 5.82 Å². The Morgan fingerprint density at radius 3 is 3.05 bits per heavy atom. The second-order valence-electron chi connectivity index (χ2n) is 5.88. The predicted octanol–water partition coefficient (Wildman–Crippen LogP) is 3.44. The SMILES string of the molecule is CCC1CCCN(Cc2cc3ccccc3nc2N)C1. The molecule has 1 fully saturated rings. The van der Waals surface area contributed by atoms with Gasteiger partial charge in [-0.2, -0.15) is 0 Å². The van der Waals surface area contributed by atoms with Gasteiger partial charge in [0.05, 0.1) is 5.52 Å². The fourth-order valence-corrected chi connectivity index (χ4v) is 3.17. The zero-order valence-electron chi connectivity index (χ0n) is 12.2. The molecule has 1 saturated heterocycles. The summed E-state index contributed by atoms with van der Waals surface area (Å²) in [6.45, 7) is 5.60. The van der Waals surface area contributed by atoms with E-state index in [9.17, 15) is 0 Å². The number of pyridine rings is 1. The molecule has 0 bridgehead atoms. The predicted molar refractivity (Wildman–Crippen MR) is 84.4 cm³/mol. The van der Waals surface area contributed by atoms with Gasteiger partial charge in [0.1, 0.15) is 5.82 Å². The molecule has 0 amide bonds. The number of fused-ring (bicyclic) bond motifs is 1. The number of rotatable bonds is 3. The molecule has 2 aromatic rings. The van der Waals surface area contributed by atoms with Crippen LogP contribution in [0.3, 0.4) is 0 Å². The monoisotopic (exact) mass is 269 g/mol. The topological polar surface area (TPSA) is 42.2 Å². The smallest absolute Gasteiger partial charge is 0.128 e. The van der Waals surface area contributed by atoms with E-state index >= 15 is 0 Å². The van der Waals surface area contributed by atoms with E-state index in [2.05, 4.69) is 35.0 Å². The van der Waals surface area contributed by atoms with Crippen molar-refractivity contribution >= 4 is 16.7 Å². The number of benzene rings is 1. The van der Waals surface area contributed by atoms with Crippen LogP contribution in [0.25, 0.3) is 10.9 Å². The fraction of sp³-hybridized carbons (Fsp3) is 0.471. The highest BCUT2D eigenvalue weighted by molar-refractivity contribution is 5.81. The lowest BCUT2D eigenvalue weighted by Crippen LogP contribution is -2.34. The molecular formula is C17H23N3. The minimum atomic E-state index is 0.683. The molecule has 3 rings (SSSR count). The molecule has 0 radical (unpaired) electrons. The third-order valence-electron chi connectivity index (χ3n) is 4.41. The van der Waals surface area contributed by atoms with Gasteiger partial charge in [-0.3, -0.25) is 4.90 Å². The molecule has 106 valence electrons. The summed E-state index contributed by atoms with van der Waals surface area (Å²) in [6.07, 6.45) is 3.96.